The van der Waals surface area contributed by atoms with Crippen molar-refractivity contribution in [3.05, 3.63) is 24.0 Å². The van der Waals surface area contributed by atoms with Crippen LogP contribution in [0.4, 0.5) is 0 Å². The molecule has 1 amide bonds. The topological polar surface area (TPSA) is 58.9 Å². The first-order valence-corrected chi connectivity index (χ1v) is 2.23. The number of aromatic amines is 1. The van der Waals surface area contributed by atoms with Crippen LogP contribution in [0, 0.1) is 0 Å². The summed E-state index contributed by atoms with van der Waals surface area (Å²) < 4.78 is 0. The molecule has 1 rings (SSSR count). The van der Waals surface area contributed by atoms with Crippen LogP contribution < -0.4 is 5.73 Å². The molecule has 0 saturated heterocycles. The second-order valence-corrected chi connectivity index (χ2v) is 1.46. The van der Waals surface area contributed by atoms with Gasteiger partial charge in [-0.3, -0.25) is 4.79 Å². The summed E-state index contributed by atoms with van der Waals surface area (Å²) in [6.45, 7) is 0. The number of carbonyl (C=O) groups excluding carboxylic acids is 1. The molecule has 50 valence electrons. The molecule has 0 aliphatic carbocycles. The Morgan fingerprint density at radius 1 is 1.67 bits per heavy atom. The lowest BCUT2D eigenvalue weighted by Crippen LogP contribution is -2.08. The second kappa shape index (κ2) is 3.14. The predicted molar refractivity (Wildman–Crippen MR) is 36.6 cm³/mol. The van der Waals surface area contributed by atoms with Crippen molar-refractivity contribution < 1.29 is 4.79 Å². The fraction of sp³-hybridized carbons (Fsp3) is 0. The van der Waals surface area contributed by atoms with Gasteiger partial charge in [0, 0.05) is 12.4 Å². The lowest BCUT2D eigenvalue weighted by Gasteiger charge is -1.80. The fourth-order valence-corrected chi connectivity index (χ4v) is 0.477. The van der Waals surface area contributed by atoms with Gasteiger partial charge in [-0.2, -0.15) is 0 Å². The number of carbonyl (C=O) groups is 1. The van der Waals surface area contributed by atoms with Gasteiger partial charge in [-0.15, -0.1) is 12.4 Å². The first kappa shape index (κ1) is 8.04. The van der Waals surface area contributed by atoms with Gasteiger partial charge < -0.3 is 10.7 Å². The van der Waals surface area contributed by atoms with Crippen molar-refractivity contribution in [2.75, 3.05) is 0 Å². The number of aromatic nitrogens is 1. The van der Waals surface area contributed by atoms with Crippen LogP contribution in [0.25, 0.3) is 0 Å². The van der Waals surface area contributed by atoms with E-state index in [2.05, 4.69) is 4.98 Å². The molecule has 1 aromatic rings. The standard InChI is InChI=1S/C5H6N2O.ClH/c6-5(8)4-1-2-7-3-4;/h1-3,7H,(H2,6,8);1H. The Hall–Kier alpha value is -0.960. The van der Waals surface area contributed by atoms with E-state index in [0.717, 1.165) is 0 Å². The summed E-state index contributed by atoms with van der Waals surface area (Å²) in [6, 6.07) is 1.63. The Labute approximate surface area is 58.7 Å². The molecule has 0 saturated carbocycles. The van der Waals surface area contributed by atoms with Gasteiger partial charge in [0.05, 0.1) is 5.56 Å². The zero-order valence-corrected chi connectivity index (χ0v) is 5.44. The highest BCUT2D eigenvalue weighted by molar-refractivity contribution is 5.92. The van der Waals surface area contributed by atoms with Crippen LogP contribution in [-0.4, -0.2) is 10.9 Å². The number of nitrogens with one attached hydrogen (secondary N) is 1. The highest BCUT2D eigenvalue weighted by Gasteiger charge is 1.95. The van der Waals surface area contributed by atoms with E-state index in [9.17, 15) is 4.79 Å². The Bertz CT molecular complexity index is 183. The summed E-state index contributed by atoms with van der Waals surface area (Å²) in [4.78, 5) is 13.0. The summed E-state index contributed by atoms with van der Waals surface area (Å²) in [6.07, 6.45) is 3.21. The number of rotatable bonds is 1. The average Bonchev–Trinajstić information content (AvgIpc) is 2.12. The first-order chi connectivity index (χ1) is 3.80. The third-order valence-corrected chi connectivity index (χ3v) is 0.882. The molecule has 0 aliphatic heterocycles. The lowest BCUT2D eigenvalue weighted by molar-refractivity contribution is 0.100. The zero-order valence-electron chi connectivity index (χ0n) is 4.63. The van der Waals surface area contributed by atoms with Crippen LogP contribution >= 0.6 is 12.4 Å². The van der Waals surface area contributed by atoms with Gasteiger partial charge in [-0.25, -0.2) is 0 Å². The van der Waals surface area contributed by atoms with E-state index in [0.29, 0.717) is 5.56 Å². The summed E-state index contributed by atoms with van der Waals surface area (Å²) in [5, 5.41) is 0. The molecule has 0 spiro atoms. The normalized spacial score (nSPS) is 8.00. The molecule has 1 heterocycles. The van der Waals surface area contributed by atoms with Crippen LogP contribution in [-0.2, 0) is 0 Å². The molecule has 0 radical (unpaired) electrons. The quantitative estimate of drug-likeness (QED) is 0.597. The van der Waals surface area contributed by atoms with Crippen LogP contribution in [0.1, 0.15) is 10.4 Å². The number of hydrogen-bond donors (Lipinski definition) is 2. The van der Waals surface area contributed by atoms with Crippen molar-refractivity contribution in [3.63, 3.8) is 0 Å². The van der Waals surface area contributed by atoms with E-state index >= 15 is 0 Å². The molecule has 9 heavy (non-hydrogen) atoms. The van der Waals surface area contributed by atoms with Crippen molar-refractivity contribution in [2.24, 2.45) is 5.73 Å². The zero-order chi connectivity index (χ0) is 5.98. The van der Waals surface area contributed by atoms with E-state index < -0.39 is 5.91 Å². The Morgan fingerprint density at radius 3 is 2.56 bits per heavy atom. The fourth-order valence-electron chi connectivity index (χ4n) is 0.477. The molecule has 0 aliphatic rings. The highest BCUT2D eigenvalue weighted by atomic mass is 35.5. The molecule has 3 N–H and O–H groups in total. The van der Waals surface area contributed by atoms with Gasteiger partial charge >= 0.3 is 0 Å². The molecule has 1 aromatic heterocycles. The molecule has 0 unspecified atom stereocenters. The Kier molecular flexibility index (Phi) is 2.81. The monoisotopic (exact) mass is 146 g/mol. The predicted octanol–water partition coefficient (Wildman–Crippen LogP) is 0.535. The van der Waals surface area contributed by atoms with E-state index in [-0.39, 0.29) is 12.4 Å². The number of hydrogen-bond acceptors (Lipinski definition) is 1. The SMILES string of the molecule is Cl.NC(=O)c1cc[nH]c1. The van der Waals surface area contributed by atoms with Crippen LogP contribution in [0.5, 0.6) is 0 Å². The maximum atomic E-state index is 10.3. The smallest absolute Gasteiger partial charge is 0.250 e. The molecule has 0 aromatic carbocycles. The maximum Gasteiger partial charge on any atom is 0.250 e. The van der Waals surface area contributed by atoms with E-state index in [1.54, 1.807) is 18.5 Å². The molecule has 0 atom stereocenters. The third kappa shape index (κ3) is 1.77. The highest BCUT2D eigenvalue weighted by Crippen LogP contribution is 1.91. The first-order valence-electron chi connectivity index (χ1n) is 2.23. The van der Waals surface area contributed by atoms with Crippen LogP contribution in [0.3, 0.4) is 0 Å². The van der Waals surface area contributed by atoms with Crippen molar-refractivity contribution in [1.82, 2.24) is 4.98 Å². The van der Waals surface area contributed by atoms with Crippen molar-refractivity contribution in [2.45, 2.75) is 0 Å². The van der Waals surface area contributed by atoms with Gasteiger partial charge in [0.15, 0.2) is 0 Å². The molecule has 3 nitrogen and oxygen atoms in total. The van der Waals surface area contributed by atoms with Crippen LogP contribution in [0.2, 0.25) is 0 Å². The second-order valence-electron chi connectivity index (χ2n) is 1.46. The number of amides is 1. The minimum atomic E-state index is -0.397. The van der Waals surface area contributed by atoms with Gasteiger partial charge in [-0.1, -0.05) is 0 Å². The van der Waals surface area contributed by atoms with Crippen molar-refractivity contribution >= 4 is 18.3 Å². The Morgan fingerprint density at radius 2 is 2.33 bits per heavy atom. The van der Waals surface area contributed by atoms with E-state index in [4.69, 9.17) is 5.73 Å². The van der Waals surface area contributed by atoms with Crippen LogP contribution in [0.15, 0.2) is 18.5 Å². The number of nitrogens with two attached hydrogens (primary N) is 1. The average molecular weight is 147 g/mol. The largest absolute Gasteiger partial charge is 0.367 e. The number of primary amides is 1. The maximum absolute atomic E-state index is 10.3. The van der Waals surface area contributed by atoms with Gasteiger partial charge in [0.25, 0.3) is 0 Å². The Balaban J connectivity index is 0.000000640. The summed E-state index contributed by atoms with van der Waals surface area (Å²) in [5.74, 6) is -0.397. The molecule has 0 bridgehead atoms. The molecule has 4 heteroatoms. The van der Waals surface area contributed by atoms with Gasteiger partial charge in [0.1, 0.15) is 0 Å². The van der Waals surface area contributed by atoms with Crippen molar-refractivity contribution in [1.29, 1.82) is 0 Å². The van der Waals surface area contributed by atoms with Crippen molar-refractivity contribution in [3.8, 4) is 0 Å². The summed E-state index contributed by atoms with van der Waals surface area (Å²) in [5.41, 5.74) is 5.42. The molecular weight excluding hydrogens is 140 g/mol. The summed E-state index contributed by atoms with van der Waals surface area (Å²) in [7, 11) is 0. The van der Waals surface area contributed by atoms with E-state index in [1.165, 1.54) is 0 Å². The minimum absolute atomic E-state index is 0. The van der Waals surface area contributed by atoms with Gasteiger partial charge in [0.2, 0.25) is 5.91 Å². The summed E-state index contributed by atoms with van der Waals surface area (Å²) >= 11 is 0. The number of H-pyrrole nitrogens is 1. The third-order valence-electron chi connectivity index (χ3n) is 0.882. The lowest BCUT2D eigenvalue weighted by atomic mass is 10.3. The minimum Gasteiger partial charge on any atom is -0.367 e. The molecular formula is C5H7ClN2O. The van der Waals surface area contributed by atoms with Gasteiger partial charge in [-0.05, 0) is 6.07 Å². The molecule has 0 fully saturated rings. The number of halogens is 1. The van der Waals surface area contributed by atoms with E-state index in [1.807, 2.05) is 0 Å².